The van der Waals surface area contributed by atoms with Crippen molar-refractivity contribution in [1.29, 1.82) is 0 Å². The third kappa shape index (κ3) is 1.72. The fourth-order valence-electron chi connectivity index (χ4n) is 1.53. The molecule has 4 heteroatoms. The molecule has 4 nitrogen and oxygen atoms in total. The van der Waals surface area contributed by atoms with E-state index in [9.17, 15) is 5.11 Å². The predicted molar refractivity (Wildman–Crippen MR) is 57.4 cm³/mol. The molecule has 1 N–H and O–H groups in total. The lowest BCUT2D eigenvalue weighted by molar-refractivity contribution is 0.0638. The summed E-state index contributed by atoms with van der Waals surface area (Å²) in [6.45, 7) is 5.99. The fourth-order valence-corrected chi connectivity index (χ4v) is 1.53. The first-order valence-electron chi connectivity index (χ1n) is 4.95. The molecule has 0 aliphatic rings. The summed E-state index contributed by atoms with van der Waals surface area (Å²) >= 11 is 0. The summed E-state index contributed by atoms with van der Waals surface area (Å²) in [5.41, 5.74) is 1.50. The molecule has 0 radical (unpaired) electrons. The van der Waals surface area contributed by atoms with Crippen LogP contribution in [0.5, 0.6) is 0 Å². The van der Waals surface area contributed by atoms with E-state index in [1.165, 1.54) is 0 Å². The quantitative estimate of drug-likeness (QED) is 0.772. The molecule has 0 saturated heterocycles. The van der Waals surface area contributed by atoms with Crippen molar-refractivity contribution in [1.82, 2.24) is 14.6 Å². The highest BCUT2D eigenvalue weighted by molar-refractivity contribution is 5.53. The van der Waals surface area contributed by atoms with Gasteiger partial charge in [0.2, 0.25) is 0 Å². The Kier molecular flexibility index (Phi) is 2.23. The minimum Gasteiger partial charge on any atom is -0.388 e. The standard InChI is InChI=1S/C11H15N3O/c1-11(2,3)10(15)8-6-13-14-5-4-12-7-9(8)14/h4-7,10,15H,1-3H3. The zero-order valence-electron chi connectivity index (χ0n) is 9.18. The van der Waals surface area contributed by atoms with Crippen molar-refractivity contribution < 1.29 is 5.11 Å². The van der Waals surface area contributed by atoms with Crippen molar-refractivity contribution >= 4 is 5.52 Å². The Hall–Kier alpha value is -1.42. The van der Waals surface area contributed by atoms with Gasteiger partial charge < -0.3 is 5.11 Å². The van der Waals surface area contributed by atoms with Gasteiger partial charge in [0.1, 0.15) is 0 Å². The summed E-state index contributed by atoms with van der Waals surface area (Å²) in [6.07, 6.45) is 6.34. The summed E-state index contributed by atoms with van der Waals surface area (Å²) in [5.74, 6) is 0. The molecule has 2 aromatic rings. The van der Waals surface area contributed by atoms with Gasteiger partial charge in [-0.15, -0.1) is 0 Å². The first-order chi connectivity index (χ1) is 7.00. The van der Waals surface area contributed by atoms with E-state index in [0.717, 1.165) is 11.1 Å². The Balaban J connectivity index is 2.53. The minimum absolute atomic E-state index is 0.195. The maximum absolute atomic E-state index is 10.2. The number of fused-ring (bicyclic) bond motifs is 1. The van der Waals surface area contributed by atoms with Gasteiger partial charge in [0.15, 0.2) is 0 Å². The van der Waals surface area contributed by atoms with Gasteiger partial charge in [0.05, 0.1) is 24.0 Å². The summed E-state index contributed by atoms with van der Waals surface area (Å²) in [5, 5.41) is 14.3. The van der Waals surface area contributed by atoms with Crippen LogP contribution < -0.4 is 0 Å². The lowest BCUT2D eigenvalue weighted by Crippen LogP contribution is -2.17. The van der Waals surface area contributed by atoms with Crippen molar-refractivity contribution in [2.24, 2.45) is 5.41 Å². The number of hydrogen-bond acceptors (Lipinski definition) is 3. The Labute approximate surface area is 88.6 Å². The molecule has 0 fully saturated rings. The molecule has 0 spiro atoms. The molecule has 1 unspecified atom stereocenters. The van der Waals surface area contributed by atoms with Gasteiger partial charge in [-0.05, 0) is 5.41 Å². The molecule has 0 bridgehead atoms. The van der Waals surface area contributed by atoms with Crippen molar-refractivity contribution in [3.05, 3.63) is 30.4 Å². The average molecular weight is 205 g/mol. The predicted octanol–water partition coefficient (Wildman–Crippen LogP) is 1.81. The topological polar surface area (TPSA) is 50.4 Å². The second kappa shape index (κ2) is 3.31. The minimum atomic E-state index is -0.529. The van der Waals surface area contributed by atoms with E-state index in [1.54, 1.807) is 29.3 Å². The Morgan fingerprint density at radius 3 is 2.73 bits per heavy atom. The lowest BCUT2D eigenvalue weighted by atomic mass is 9.85. The van der Waals surface area contributed by atoms with E-state index >= 15 is 0 Å². The Morgan fingerprint density at radius 1 is 1.33 bits per heavy atom. The highest BCUT2D eigenvalue weighted by atomic mass is 16.3. The molecular weight excluding hydrogens is 190 g/mol. The van der Waals surface area contributed by atoms with Crippen molar-refractivity contribution in [3.63, 3.8) is 0 Å². The van der Waals surface area contributed by atoms with Crippen LogP contribution in [0, 0.1) is 5.41 Å². The molecule has 2 aromatic heterocycles. The van der Waals surface area contributed by atoms with Gasteiger partial charge in [-0.3, -0.25) is 4.98 Å². The van der Waals surface area contributed by atoms with Crippen LogP contribution >= 0.6 is 0 Å². The Bertz CT molecular complexity index is 470. The number of aliphatic hydroxyl groups excluding tert-OH is 1. The second-order valence-electron chi connectivity index (χ2n) is 4.77. The van der Waals surface area contributed by atoms with Crippen LogP contribution in [-0.2, 0) is 0 Å². The van der Waals surface area contributed by atoms with E-state index in [1.807, 2.05) is 20.8 Å². The molecular formula is C11H15N3O. The van der Waals surface area contributed by atoms with Crippen LogP contribution in [0.4, 0.5) is 0 Å². The molecule has 0 aliphatic heterocycles. The largest absolute Gasteiger partial charge is 0.388 e. The van der Waals surface area contributed by atoms with Crippen LogP contribution in [0.15, 0.2) is 24.8 Å². The zero-order valence-corrected chi connectivity index (χ0v) is 9.18. The Morgan fingerprint density at radius 2 is 2.07 bits per heavy atom. The maximum atomic E-state index is 10.2. The zero-order chi connectivity index (χ0) is 11.1. The van der Waals surface area contributed by atoms with Crippen molar-refractivity contribution in [2.75, 3.05) is 0 Å². The van der Waals surface area contributed by atoms with Crippen LogP contribution in [0.1, 0.15) is 32.4 Å². The number of rotatable bonds is 1. The van der Waals surface area contributed by atoms with Gasteiger partial charge in [0.25, 0.3) is 0 Å². The van der Waals surface area contributed by atoms with E-state index in [4.69, 9.17) is 0 Å². The smallest absolute Gasteiger partial charge is 0.0903 e. The number of aromatic nitrogens is 3. The van der Waals surface area contributed by atoms with E-state index < -0.39 is 6.10 Å². The highest BCUT2D eigenvalue weighted by Crippen LogP contribution is 2.34. The number of aliphatic hydroxyl groups is 1. The third-order valence-electron chi connectivity index (χ3n) is 2.47. The third-order valence-corrected chi connectivity index (χ3v) is 2.47. The van der Waals surface area contributed by atoms with Gasteiger partial charge in [0, 0.05) is 18.0 Å². The van der Waals surface area contributed by atoms with Crippen LogP contribution in [0.3, 0.4) is 0 Å². The van der Waals surface area contributed by atoms with Gasteiger partial charge >= 0.3 is 0 Å². The first-order valence-corrected chi connectivity index (χ1v) is 4.95. The van der Waals surface area contributed by atoms with Crippen molar-refractivity contribution in [3.8, 4) is 0 Å². The van der Waals surface area contributed by atoms with Gasteiger partial charge in [-0.2, -0.15) is 5.10 Å². The van der Waals surface area contributed by atoms with Gasteiger partial charge in [-0.1, -0.05) is 20.8 Å². The molecule has 80 valence electrons. The molecule has 0 saturated carbocycles. The summed E-state index contributed by atoms with van der Waals surface area (Å²) < 4.78 is 1.72. The highest BCUT2D eigenvalue weighted by Gasteiger charge is 2.26. The monoisotopic (exact) mass is 205 g/mol. The first kappa shape index (κ1) is 10.1. The van der Waals surface area contributed by atoms with E-state index in [0.29, 0.717) is 0 Å². The summed E-state index contributed by atoms with van der Waals surface area (Å²) in [4.78, 5) is 4.04. The molecule has 2 heterocycles. The van der Waals surface area contributed by atoms with Gasteiger partial charge in [-0.25, -0.2) is 4.52 Å². The average Bonchev–Trinajstić information content (AvgIpc) is 2.58. The van der Waals surface area contributed by atoms with Crippen LogP contribution in [-0.4, -0.2) is 19.7 Å². The van der Waals surface area contributed by atoms with Crippen molar-refractivity contribution in [2.45, 2.75) is 26.9 Å². The molecule has 1 atom stereocenters. The number of nitrogens with zero attached hydrogens (tertiary/aromatic N) is 3. The molecule has 15 heavy (non-hydrogen) atoms. The molecule has 0 aliphatic carbocycles. The molecule has 0 amide bonds. The normalized spacial score (nSPS) is 14.4. The SMILES string of the molecule is CC(C)(C)C(O)c1cnn2ccncc12. The fraction of sp³-hybridized carbons (Fsp3) is 0.455. The van der Waals surface area contributed by atoms with Crippen LogP contribution in [0.25, 0.3) is 5.52 Å². The molecule has 0 aromatic carbocycles. The lowest BCUT2D eigenvalue weighted by Gasteiger charge is -2.24. The molecule has 2 rings (SSSR count). The van der Waals surface area contributed by atoms with E-state index in [-0.39, 0.29) is 5.41 Å². The maximum Gasteiger partial charge on any atom is 0.0903 e. The summed E-state index contributed by atoms with van der Waals surface area (Å²) in [6, 6.07) is 0. The van der Waals surface area contributed by atoms with Crippen LogP contribution in [0.2, 0.25) is 0 Å². The van der Waals surface area contributed by atoms with E-state index in [2.05, 4.69) is 10.1 Å². The second-order valence-corrected chi connectivity index (χ2v) is 4.77. The number of hydrogen-bond donors (Lipinski definition) is 1. The summed E-state index contributed by atoms with van der Waals surface area (Å²) in [7, 11) is 0.